The Morgan fingerprint density at radius 1 is 1.31 bits per heavy atom. The number of aliphatic carboxylic acids is 1. The molecule has 1 fully saturated rings. The second-order valence-electron chi connectivity index (χ2n) is 6.26. The number of ether oxygens (including phenoxy) is 1. The summed E-state index contributed by atoms with van der Waals surface area (Å²) in [6.45, 7) is 2.03. The monoisotopic (exact) mass is 382 g/mol. The highest BCUT2D eigenvalue weighted by Crippen LogP contribution is 2.26. The van der Waals surface area contributed by atoms with Crippen LogP contribution in [-0.4, -0.2) is 65.5 Å². The lowest BCUT2D eigenvalue weighted by atomic mass is 10.1. The summed E-state index contributed by atoms with van der Waals surface area (Å²) < 4.78 is 5.25. The quantitative estimate of drug-likeness (QED) is 0.844. The van der Waals surface area contributed by atoms with Gasteiger partial charge in [0.1, 0.15) is 12.3 Å². The number of hydrogen-bond acceptors (Lipinski definition) is 4. The van der Waals surface area contributed by atoms with E-state index in [0.29, 0.717) is 48.7 Å². The zero-order chi connectivity index (χ0) is 19.3. The number of carboxylic acid groups (broad SMARTS) is 1. The molecule has 1 aromatic rings. The van der Waals surface area contributed by atoms with Crippen molar-refractivity contribution >= 4 is 29.4 Å². The Morgan fingerprint density at radius 3 is 2.65 bits per heavy atom. The molecule has 7 nitrogen and oxygen atoms in total. The molecule has 0 aromatic heterocycles. The standard InChI is InChI=1S/C18H23ClN2O5/c1-12(22)21(11-17(23)24)14-4-3-8-20(9-7-14)18(25)15-6-5-13(19)10-16(15)26-2/h5-6,10,14H,3-4,7-9,11H2,1-2H3,(H,23,24). The van der Waals surface area contributed by atoms with Gasteiger partial charge in [-0.05, 0) is 37.5 Å². The molecule has 8 heteroatoms. The summed E-state index contributed by atoms with van der Waals surface area (Å²) >= 11 is 5.95. The van der Waals surface area contributed by atoms with E-state index < -0.39 is 5.97 Å². The molecule has 1 aliphatic rings. The van der Waals surface area contributed by atoms with Crippen LogP contribution in [0.4, 0.5) is 0 Å². The second-order valence-corrected chi connectivity index (χ2v) is 6.70. The molecule has 1 heterocycles. The number of carbonyl (C=O) groups excluding carboxylic acids is 2. The third-order valence-electron chi connectivity index (χ3n) is 4.53. The van der Waals surface area contributed by atoms with Crippen molar-refractivity contribution in [1.29, 1.82) is 0 Å². The highest BCUT2D eigenvalue weighted by molar-refractivity contribution is 6.30. The summed E-state index contributed by atoms with van der Waals surface area (Å²) in [5.41, 5.74) is 0.435. The predicted molar refractivity (Wildman–Crippen MR) is 96.6 cm³/mol. The highest BCUT2D eigenvalue weighted by Gasteiger charge is 2.28. The fourth-order valence-corrected chi connectivity index (χ4v) is 3.41. The first kappa shape index (κ1) is 20.0. The molecule has 0 spiro atoms. The van der Waals surface area contributed by atoms with E-state index in [4.69, 9.17) is 21.4 Å². The van der Waals surface area contributed by atoms with Crippen LogP contribution in [0.2, 0.25) is 5.02 Å². The van der Waals surface area contributed by atoms with E-state index in [9.17, 15) is 14.4 Å². The van der Waals surface area contributed by atoms with Gasteiger partial charge in [-0.25, -0.2) is 0 Å². The first-order chi connectivity index (χ1) is 12.3. The lowest BCUT2D eigenvalue weighted by Gasteiger charge is -2.29. The second kappa shape index (κ2) is 8.89. The topological polar surface area (TPSA) is 87.2 Å². The summed E-state index contributed by atoms with van der Waals surface area (Å²) in [6.07, 6.45) is 1.89. The molecule has 142 valence electrons. The van der Waals surface area contributed by atoms with E-state index >= 15 is 0 Å². The predicted octanol–water partition coefficient (Wildman–Crippen LogP) is 2.28. The van der Waals surface area contributed by atoms with Crippen molar-refractivity contribution in [3.8, 4) is 5.75 Å². The van der Waals surface area contributed by atoms with Crippen molar-refractivity contribution < 1.29 is 24.2 Å². The molecule has 1 aromatic carbocycles. The van der Waals surface area contributed by atoms with Gasteiger partial charge in [0.2, 0.25) is 5.91 Å². The zero-order valence-corrected chi connectivity index (χ0v) is 15.7. The van der Waals surface area contributed by atoms with Gasteiger partial charge in [-0.2, -0.15) is 0 Å². The van der Waals surface area contributed by atoms with Gasteiger partial charge in [0.25, 0.3) is 5.91 Å². The van der Waals surface area contributed by atoms with Crippen LogP contribution in [0.25, 0.3) is 0 Å². The molecule has 1 atom stereocenters. The summed E-state index contributed by atoms with van der Waals surface area (Å²) in [6, 6.07) is 4.69. The molecule has 1 N–H and O–H groups in total. The van der Waals surface area contributed by atoms with Crippen molar-refractivity contribution in [3.63, 3.8) is 0 Å². The minimum Gasteiger partial charge on any atom is -0.496 e. The smallest absolute Gasteiger partial charge is 0.323 e. The average molecular weight is 383 g/mol. The number of carbonyl (C=O) groups is 3. The largest absolute Gasteiger partial charge is 0.496 e. The number of amides is 2. The Labute approximate surface area is 157 Å². The van der Waals surface area contributed by atoms with Gasteiger partial charge in [0.05, 0.1) is 12.7 Å². The summed E-state index contributed by atoms with van der Waals surface area (Å²) in [4.78, 5) is 38.8. The van der Waals surface area contributed by atoms with Gasteiger partial charge in [0, 0.05) is 31.1 Å². The Kier molecular flexibility index (Phi) is 6.85. The van der Waals surface area contributed by atoms with Gasteiger partial charge in [-0.1, -0.05) is 11.6 Å². The molecule has 0 radical (unpaired) electrons. The van der Waals surface area contributed by atoms with Crippen molar-refractivity contribution in [2.75, 3.05) is 26.7 Å². The molecule has 0 bridgehead atoms. The van der Waals surface area contributed by atoms with Gasteiger partial charge in [-0.3, -0.25) is 14.4 Å². The molecule has 26 heavy (non-hydrogen) atoms. The first-order valence-corrected chi connectivity index (χ1v) is 8.83. The number of rotatable bonds is 5. The molecule has 2 rings (SSSR count). The van der Waals surface area contributed by atoms with Crippen molar-refractivity contribution in [2.24, 2.45) is 0 Å². The minimum absolute atomic E-state index is 0.160. The van der Waals surface area contributed by atoms with E-state index in [1.54, 1.807) is 23.1 Å². The van der Waals surface area contributed by atoms with Crippen LogP contribution in [0.1, 0.15) is 36.5 Å². The van der Waals surface area contributed by atoms with Crippen molar-refractivity contribution in [1.82, 2.24) is 9.80 Å². The van der Waals surface area contributed by atoms with Crippen LogP contribution in [0, 0.1) is 0 Å². The number of hydrogen-bond donors (Lipinski definition) is 1. The minimum atomic E-state index is -1.04. The van der Waals surface area contributed by atoms with Crippen LogP contribution in [0.3, 0.4) is 0 Å². The highest BCUT2D eigenvalue weighted by atomic mass is 35.5. The average Bonchev–Trinajstić information content (AvgIpc) is 2.84. The summed E-state index contributed by atoms with van der Waals surface area (Å²) in [5.74, 6) is -1.05. The fourth-order valence-electron chi connectivity index (χ4n) is 3.25. The lowest BCUT2D eigenvalue weighted by molar-refractivity contribution is -0.145. The number of likely N-dealkylation sites (tertiary alicyclic amines) is 1. The lowest BCUT2D eigenvalue weighted by Crippen LogP contribution is -2.43. The van der Waals surface area contributed by atoms with Gasteiger partial charge in [-0.15, -0.1) is 0 Å². The molecule has 1 saturated heterocycles. The molecular formula is C18H23ClN2O5. The third kappa shape index (κ3) is 4.88. The van der Waals surface area contributed by atoms with Crippen LogP contribution >= 0.6 is 11.6 Å². The molecule has 1 aliphatic heterocycles. The zero-order valence-electron chi connectivity index (χ0n) is 14.9. The first-order valence-electron chi connectivity index (χ1n) is 8.45. The fraction of sp³-hybridized carbons (Fsp3) is 0.500. The number of nitrogens with zero attached hydrogens (tertiary/aromatic N) is 2. The van der Waals surface area contributed by atoms with Crippen molar-refractivity contribution in [3.05, 3.63) is 28.8 Å². The van der Waals surface area contributed by atoms with E-state index in [-0.39, 0.29) is 24.4 Å². The molecule has 0 saturated carbocycles. The van der Waals surface area contributed by atoms with Gasteiger partial charge < -0.3 is 19.6 Å². The molecule has 1 unspecified atom stereocenters. The van der Waals surface area contributed by atoms with E-state index in [0.717, 1.165) is 0 Å². The third-order valence-corrected chi connectivity index (χ3v) is 4.76. The number of methoxy groups -OCH3 is 1. The maximum Gasteiger partial charge on any atom is 0.323 e. The van der Waals surface area contributed by atoms with Gasteiger partial charge in [0.15, 0.2) is 0 Å². The molecular weight excluding hydrogens is 360 g/mol. The van der Waals surface area contributed by atoms with Crippen LogP contribution in [0.15, 0.2) is 18.2 Å². The van der Waals surface area contributed by atoms with Crippen LogP contribution < -0.4 is 4.74 Å². The van der Waals surface area contributed by atoms with Crippen LogP contribution in [-0.2, 0) is 9.59 Å². The maximum atomic E-state index is 12.9. The molecule has 2 amide bonds. The maximum absolute atomic E-state index is 12.9. The normalized spacial score (nSPS) is 17.3. The van der Waals surface area contributed by atoms with Gasteiger partial charge >= 0.3 is 5.97 Å². The number of carboxylic acids is 1. The summed E-state index contributed by atoms with van der Waals surface area (Å²) in [7, 11) is 1.48. The number of halogens is 1. The SMILES string of the molecule is COc1cc(Cl)ccc1C(=O)N1CCCC(N(CC(=O)O)C(C)=O)CC1. The Balaban J connectivity index is 2.11. The van der Waals surface area contributed by atoms with Crippen molar-refractivity contribution in [2.45, 2.75) is 32.2 Å². The van der Waals surface area contributed by atoms with Crippen LogP contribution in [0.5, 0.6) is 5.75 Å². The molecule has 0 aliphatic carbocycles. The van der Waals surface area contributed by atoms with E-state index in [1.807, 2.05) is 0 Å². The Hall–Kier alpha value is -2.28. The Bertz CT molecular complexity index is 694. The van der Waals surface area contributed by atoms with E-state index in [1.165, 1.54) is 18.9 Å². The summed E-state index contributed by atoms with van der Waals surface area (Å²) in [5, 5.41) is 9.51. The number of benzene rings is 1. The van der Waals surface area contributed by atoms with E-state index in [2.05, 4.69) is 0 Å². The Morgan fingerprint density at radius 2 is 2.04 bits per heavy atom.